The highest BCUT2D eigenvalue weighted by atomic mass is 32.1. The Bertz CT molecular complexity index is 600. The first-order valence-electron chi connectivity index (χ1n) is 8.30. The van der Waals surface area contributed by atoms with E-state index < -0.39 is 5.79 Å². The van der Waals surface area contributed by atoms with E-state index in [0.717, 1.165) is 0 Å². The Hall–Kier alpha value is -1.51. The molecule has 24 heavy (non-hydrogen) atoms. The molecule has 1 spiro atoms. The number of hydrogen-bond acceptors (Lipinski definition) is 6. The number of amides is 2. The number of rotatable bonds is 4. The van der Waals surface area contributed by atoms with Crippen molar-refractivity contribution in [3.05, 3.63) is 11.1 Å². The van der Waals surface area contributed by atoms with Crippen LogP contribution in [0.4, 0.5) is 5.13 Å². The molecular weight excluding hydrogens is 330 g/mol. The third kappa shape index (κ3) is 3.93. The van der Waals surface area contributed by atoms with Gasteiger partial charge in [0, 0.05) is 37.7 Å². The van der Waals surface area contributed by atoms with Crippen molar-refractivity contribution in [3.63, 3.8) is 0 Å². The van der Waals surface area contributed by atoms with Crippen LogP contribution in [-0.2, 0) is 14.3 Å². The summed E-state index contributed by atoms with van der Waals surface area (Å²) in [5.41, 5.74) is 0.379. The van der Waals surface area contributed by atoms with Gasteiger partial charge in [-0.15, -0.1) is 11.3 Å². The molecule has 3 heterocycles. The molecule has 3 rings (SSSR count). The van der Waals surface area contributed by atoms with Crippen LogP contribution < -0.4 is 5.32 Å². The topological polar surface area (TPSA) is 80.8 Å². The van der Waals surface area contributed by atoms with Crippen LogP contribution in [0.2, 0.25) is 0 Å². The molecule has 0 aromatic carbocycles. The Morgan fingerprint density at radius 1 is 1.33 bits per heavy atom. The molecule has 132 valence electrons. The standard InChI is InChI=1S/C16H23N3O4S/c1-11(2)9-13(20)18-15-17-12(10-24-15)14(21)19-5-3-16(4-6-19)22-7-8-23-16/h10-11H,3-9H2,1-2H3,(H,17,18,20). The van der Waals surface area contributed by atoms with Crippen LogP contribution in [0.3, 0.4) is 0 Å². The van der Waals surface area contributed by atoms with Gasteiger partial charge in [0.2, 0.25) is 5.91 Å². The number of nitrogens with one attached hydrogen (secondary N) is 1. The number of thiazole rings is 1. The second kappa shape index (κ2) is 7.16. The number of ether oxygens (including phenoxy) is 2. The maximum Gasteiger partial charge on any atom is 0.273 e. The Morgan fingerprint density at radius 2 is 2.00 bits per heavy atom. The number of nitrogens with zero attached hydrogens (tertiary/aromatic N) is 2. The van der Waals surface area contributed by atoms with Gasteiger partial charge in [-0.2, -0.15) is 0 Å². The Kier molecular flexibility index (Phi) is 5.17. The molecule has 1 N–H and O–H groups in total. The summed E-state index contributed by atoms with van der Waals surface area (Å²) in [6.45, 7) is 6.39. The Labute approximate surface area is 145 Å². The van der Waals surface area contributed by atoms with Crippen molar-refractivity contribution in [2.24, 2.45) is 5.92 Å². The molecule has 0 atom stereocenters. The van der Waals surface area contributed by atoms with E-state index in [1.807, 2.05) is 13.8 Å². The second-order valence-corrected chi connectivity index (χ2v) is 7.44. The van der Waals surface area contributed by atoms with Crippen LogP contribution in [0, 0.1) is 5.92 Å². The number of hydrogen-bond donors (Lipinski definition) is 1. The fraction of sp³-hybridized carbons (Fsp3) is 0.688. The zero-order chi connectivity index (χ0) is 17.2. The van der Waals surface area contributed by atoms with Crippen molar-refractivity contribution in [1.82, 2.24) is 9.88 Å². The maximum atomic E-state index is 12.6. The smallest absolute Gasteiger partial charge is 0.273 e. The van der Waals surface area contributed by atoms with Gasteiger partial charge in [-0.1, -0.05) is 13.8 Å². The second-order valence-electron chi connectivity index (χ2n) is 6.58. The third-order valence-electron chi connectivity index (χ3n) is 4.19. The number of aromatic nitrogens is 1. The number of carbonyl (C=O) groups is 2. The minimum atomic E-state index is -0.491. The molecule has 2 amide bonds. The molecule has 8 heteroatoms. The molecule has 2 saturated heterocycles. The summed E-state index contributed by atoms with van der Waals surface area (Å²) < 4.78 is 11.3. The van der Waals surface area contributed by atoms with E-state index in [4.69, 9.17) is 9.47 Å². The van der Waals surface area contributed by atoms with Crippen molar-refractivity contribution < 1.29 is 19.1 Å². The lowest BCUT2D eigenvalue weighted by Gasteiger charge is -2.37. The lowest BCUT2D eigenvalue weighted by Crippen LogP contribution is -2.47. The minimum Gasteiger partial charge on any atom is -0.347 e. The van der Waals surface area contributed by atoms with E-state index >= 15 is 0 Å². The van der Waals surface area contributed by atoms with Crippen LogP contribution in [0.1, 0.15) is 43.6 Å². The zero-order valence-corrected chi connectivity index (χ0v) is 14.9. The first-order valence-corrected chi connectivity index (χ1v) is 9.18. The van der Waals surface area contributed by atoms with Crippen LogP contribution in [0.25, 0.3) is 0 Å². The van der Waals surface area contributed by atoms with E-state index in [1.54, 1.807) is 10.3 Å². The van der Waals surface area contributed by atoms with Gasteiger partial charge >= 0.3 is 0 Å². The third-order valence-corrected chi connectivity index (χ3v) is 4.95. The fourth-order valence-corrected chi connectivity index (χ4v) is 3.67. The van der Waals surface area contributed by atoms with E-state index in [9.17, 15) is 9.59 Å². The zero-order valence-electron chi connectivity index (χ0n) is 14.0. The quantitative estimate of drug-likeness (QED) is 0.897. The molecule has 2 fully saturated rings. The molecule has 0 aliphatic carbocycles. The number of piperidine rings is 1. The molecule has 1 aromatic rings. The molecule has 0 bridgehead atoms. The molecule has 7 nitrogen and oxygen atoms in total. The van der Waals surface area contributed by atoms with Crippen molar-refractivity contribution in [1.29, 1.82) is 0 Å². The minimum absolute atomic E-state index is 0.0752. The summed E-state index contributed by atoms with van der Waals surface area (Å²) in [7, 11) is 0. The average Bonchev–Trinajstić information content (AvgIpc) is 3.17. The predicted octanol–water partition coefficient (Wildman–Crippen LogP) is 2.11. The molecule has 0 unspecified atom stereocenters. The van der Waals surface area contributed by atoms with Gasteiger partial charge in [0.1, 0.15) is 5.69 Å². The molecular formula is C16H23N3O4S. The van der Waals surface area contributed by atoms with E-state index in [-0.39, 0.29) is 17.7 Å². The first kappa shape index (κ1) is 17.3. The van der Waals surface area contributed by atoms with Crippen molar-refractivity contribution in [2.45, 2.75) is 38.9 Å². The summed E-state index contributed by atoms with van der Waals surface area (Å²) >= 11 is 1.28. The molecule has 2 aliphatic rings. The maximum absolute atomic E-state index is 12.6. The summed E-state index contributed by atoms with van der Waals surface area (Å²) in [5, 5.41) is 4.92. The molecule has 1 aromatic heterocycles. The van der Waals surface area contributed by atoms with E-state index in [0.29, 0.717) is 56.4 Å². The monoisotopic (exact) mass is 353 g/mol. The lowest BCUT2D eigenvalue weighted by atomic mass is 10.0. The molecule has 0 saturated carbocycles. The average molecular weight is 353 g/mol. The SMILES string of the molecule is CC(C)CC(=O)Nc1nc(C(=O)N2CCC3(CC2)OCCO3)cs1. The van der Waals surface area contributed by atoms with Crippen LogP contribution in [0.5, 0.6) is 0 Å². The van der Waals surface area contributed by atoms with E-state index in [2.05, 4.69) is 10.3 Å². The largest absolute Gasteiger partial charge is 0.347 e. The summed E-state index contributed by atoms with van der Waals surface area (Å²) in [6.07, 6.45) is 1.80. The normalized spacial score (nSPS) is 19.9. The van der Waals surface area contributed by atoms with Gasteiger partial charge in [-0.05, 0) is 5.92 Å². The number of carbonyl (C=O) groups excluding carboxylic acids is 2. The van der Waals surface area contributed by atoms with Crippen LogP contribution in [-0.4, -0.2) is 53.8 Å². The first-order chi connectivity index (χ1) is 11.5. The van der Waals surface area contributed by atoms with Gasteiger partial charge in [0.25, 0.3) is 5.91 Å². The van der Waals surface area contributed by atoms with Crippen LogP contribution in [0.15, 0.2) is 5.38 Å². The highest BCUT2D eigenvalue weighted by Gasteiger charge is 2.41. The van der Waals surface area contributed by atoms with Crippen molar-refractivity contribution in [3.8, 4) is 0 Å². The van der Waals surface area contributed by atoms with Gasteiger partial charge in [-0.25, -0.2) is 4.98 Å². The van der Waals surface area contributed by atoms with Gasteiger partial charge in [0.05, 0.1) is 13.2 Å². The lowest BCUT2D eigenvalue weighted by molar-refractivity contribution is -0.181. The highest BCUT2D eigenvalue weighted by Crippen LogP contribution is 2.32. The van der Waals surface area contributed by atoms with Gasteiger partial charge in [0.15, 0.2) is 10.9 Å². The molecule has 2 aliphatic heterocycles. The van der Waals surface area contributed by atoms with Crippen molar-refractivity contribution in [2.75, 3.05) is 31.6 Å². The van der Waals surface area contributed by atoms with Gasteiger partial charge in [-0.3, -0.25) is 9.59 Å². The van der Waals surface area contributed by atoms with Crippen molar-refractivity contribution >= 4 is 28.3 Å². The number of likely N-dealkylation sites (tertiary alicyclic amines) is 1. The summed E-state index contributed by atoms with van der Waals surface area (Å²) in [6, 6.07) is 0. The highest BCUT2D eigenvalue weighted by molar-refractivity contribution is 7.14. The Balaban J connectivity index is 1.55. The predicted molar refractivity (Wildman–Crippen MR) is 90.0 cm³/mol. The van der Waals surface area contributed by atoms with Gasteiger partial charge < -0.3 is 19.7 Å². The fourth-order valence-electron chi connectivity index (χ4n) is 2.97. The summed E-state index contributed by atoms with van der Waals surface area (Å²) in [4.78, 5) is 30.4. The Morgan fingerprint density at radius 3 is 2.62 bits per heavy atom. The molecule has 0 radical (unpaired) electrons. The number of anilines is 1. The van der Waals surface area contributed by atoms with E-state index in [1.165, 1.54) is 11.3 Å². The summed E-state index contributed by atoms with van der Waals surface area (Å²) in [5.74, 6) is -0.390. The van der Waals surface area contributed by atoms with Crippen LogP contribution >= 0.6 is 11.3 Å².